The van der Waals surface area contributed by atoms with Crippen molar-refractivity contribution >= 4 is 38.6 Å². The van der Waals surface area contributed by atoms with Crippen LogP contribution in [0.2, 0.25) is 0 Å². The van der Waals surface area contributed by atoms with E-state index in [9.17, 15) is 4.39 Å². The molecule has 0 saturated heterocycles. The van der Waals surface area contributed by atoms with Crippen LogP contribution in [-0.4, -0.2) is 9.55 Å². The van der Waals surface area contributed by atoms with Gasteiger partial charge in [0.15, 0.2) is 0 Å². The van der Waals surface area contributed by atoms with Crippen molar-refractivity contribution < 1.29 is 4.39 Å². The van der Waals surface area contributed by atoms with Crippen molar-refractivity contribution in [2.75, 3.05) is 0 Å². The second kappa shape index (κ2) is 5.80. The number of fused-ring (bicyclic) bond motifs is 1. The maximum absolute atomic E-state index is 13.6. The summed E-state index contributed by atoms with van der Waals surface area (Å²) >= 11 is 9.43. The summed E-state index contributed by atoms with van der Waals surface area (Å²) in [6, 6.07) is 3.23. The first-order chi connectivity index (χ1) is 8.93. The standard InChI is InChI=1S/C14H17BrClFN2/c1-4-8(2)7-19-13-5-10(15)11(17)6-12(13)18-14(19)9(3)16/h5-6,8-9H,4,7H2,1-3H3. The molecule has 1 aromatic heterocycles. The van der Waals surface area contributed by atoms with Crippen LogP contribution in [0.1, 0.15) is 38.4 Å². The van der Waals surface area contributed by atoms with Crippen molar-refractivity contribution in [1.82, 2.24) is 9.55 Å². The molecule has 0 radical (unpaired) electrons. The average Bonchev–Trinajstić information content (AvgIpc) is 2.68. The summed E-state index contributed by atoms with van der Waals surface area (Å²) < 4.78 is 16.2. The maximum atomic E-state index is 13.6. The Labute approximate surface area is 126 Å². The van der Waals surface area contributed by atoms with Crippen LogP contribution < -0.4 is 0 Å². The van der Waals surface area contributed by atoms with Gasteiger partial charge in [0.05, 0.1) is 20.9 Å². The van der Waals surface area contributed by atoms with E-state index in [4.69, 9.17) is 11.6 Å². The highest BCUT2D eigenvalue weighted by atomic mass is 79.9. The number of rotatable bonds is 4. The van der Waals surface area contributed by atoms with Crippen molar-refractivity contribution in [3.05, 3.63) is 28.2 Å². The molecule has 5 heteroatoms. The van der Waals surface area contributed by atoms with Gasteiger partial charge in [-0.2, -0.15) is 0 Å². The lowest BCUT2D eigenvalue weighted by Gasteiger charge is -2.14. The average molecular weight is 348 g/mol. The van der Waals surface area contributed by atoms with Gasteiger partial charge in [0, 0.05) is 12.6 Å². The summed E-state index contributed by atoms with van der Waals surface area (Å²) in [6.07, 6.45) is 1.08. The molecule has 1 aromatic carbocycles. The monoisotopic (exact) mass is 346 g/mol. The van der Waals surface area contributed by atoms with Crippen LogP contribution in [0, 0.1) is 11.7 Å². The minimum atomic E-state index is -0.297. The predicted octanol–water partition coefficient (Wildman–Crippen LogP) is 5.28. The van der Waals surface area contributed by atoms with Gasteiger partial charge < -0.3 is 4.57 Å². The second-order valence-electron chi connectivity index (χ2n) is 4.97. The molecule has 19 heavy (non-hydrogen) atoms. The number of imidazole rings is 1. The van der Waals surface area contributed by atoms with Gasteiger partial charge >= 0.3 is 0 Å². The summed E-state index contributed by atoms with van der Waals surface area (Å²) in [5.74, 6) is 1.03. The van der Waals surface area contributed by atoms with E-state index < -0.39 is 0 Å². The molecule has 2 unspecified atom stereocenters. The molecule has 0 fully saturated rings. The third kappa shape index (κ3) is 2.95. The van der Waals surface area contributed by atoms with Crippen molar-refractivity contribution in [2.24, 2.45) is 5.92 Å². The molecule has 0 aliphatic rings. The van der Waals surface area contributed by atoms with Crippen molar-refractivity contribution in [3.8, 4) is 0 Å². The lowest BCUT2D eigenvalue weighted by atomic mass is 10.1. The summed E-state index contributed by atoms with van der Waals surface area (Å²) in [4.78, 5) is 4.47. The topological polar surface area (TPSA) is 17.8 Å². The summed E-state index contributed by atoms with van der Waals surface area (Å²) in [5, 5.41) is -0.196. The van der Waals surface area contributed by atoms with Crippen LogP contribution in [0.4, 0.5) is 4.39 Å². The Morgan fingerprint density at radius 1 is 1.42 bits per heavy atom. The molecule has 0 N–H and O–H groups in total. The Kier molecular flexibility index (Phi) is 4.51. The fourth-order valence-electron chi connectivity index (χ4n) is 2.08. The van der Waals surface area contributed by atoms with Crippen LogP contribution in [-0.2, 0) is 6.54 Å². The third-order valence-electron chi connectivity index (χ3n) is 3.37. The Morgan fingerprint density at radius 3 is 2.68 bits per heavy atom. The van der Waals surface area contributed by atoms with Crippen LogP contribution in [0.5, 0.6) is 0 Å². The smallest absolute Gasteiger partial charge is 0.139 e. The van der Waals surface area contributed by atoms with Crippen molar-refractivity contribution in [2.45, 2.75) is 39.1 Å². The number of hydrogen-bond acceptors (Lipinski definition) is 1. The Morgan fingerprint density at radius 2 is 2.11 bits per heavy atom. The highest BCUT2D eigenvalue weighted by Gasteiger charge is 2.17. The summed E-state index contributed by atoms with van der Waals surface area (Å²) in [6.45, 7) is 7.08. The normalized spacial score (nSPS) is 14.8. The quantitative estimate of drug-likeness (QED) is 0.688. The van der Waals surface area contributed by atoms with Crippen molar-refractivity contribution in [1.29, 1.82) is 0 Å². The number of nitrogens with zero attached hydrogens (tertiary/aromatic N) is 2. The van der Waals surface area contributed by atoms with Gasteiger partial charge in [0.25, 0.3) is 0 Å². The zero-order valence-electron chi connectivity index (χ0n) is 11.3. The van der Waals surface area contributed by atoms with Gasteiger partial charge in [0.2, 0.25) is 0 Å². The molecule has 0 saturated carbocycles. The van der Waals surface area contributed by atoms with E-state index in [1.165, 1.54) is 6.07 Å². The highest BCUT2D eigenvalue weighted by molar-refractivity contribution is 9.10. The minimum absolute atomic E-state index is 0.196. The number of hydrogen-bond donors (Lipinski definition) is 0. The number of alkyl halides is 1. The molecule has 0 aliphatic carbocycles. The Balaban J connectivity index is 2.62. The first kappa shape index (κ1) is 14.8. The minimum Gasteiger partial charge on any atom is -0.326 e. The molecular weight excluding hydrogens is 331 g/mol. The van der Waals surface area contributed by atoms with E-state index >= 15 is 0 Å². The molecule has 2 nitrogen and oxygen atoms in total. The second-order valence-corrected chi connectivity index (χ2v) is 6.47. The van der Waals surface area contributed by atoms with Gasteiger partial charge in [-0.3, -0.25) is 0 Å². The highest BCUT2D eigenvalue weighted by Crippen LogP contribution is 2.29. The van der Waals surface area contributed by atoms with E-state index in [1.54, 1.807) is 6.07 Å². The zero-order chi connectivity index (χ0) is 14.2. The molecular formula is C14H17BrClFN2. The number of benzene rings is 1. The third-order valence-corrected chi connectivity index (χ3v) is 4.17. The van der Waals surface area contributed by atoms with Gasteiger partial charge in [-0.25, -0.2) is 9.37 Å². The summed E-state index contributed by atoms with van der Waals surface area (Å²) in [7, 11) is 0. The molecule has 2 atom stereocenters. The molecule has 1 heterocycles. The van der Waals surface area contributed by atoms with Crippen LogP contribution in [0.15, 0.2) is 16.6 Å². The first-order valence-electron chi connectivity index (χ1n) is 6.43. The molecule has 0 spiro atoms. The van der Waals surface area contributed by atoms with E-state index in [2.05, 4.69) is 39.3 Å². The largest absolute Gasteiger partial charge is 0.326 e. The number of aromatic nitrogens is 2. The first-order valence-corrected chi connectivity index (χ1v) is 7.66. The zero-order valence-corrected chi connectivity index (χ0v) is 13.6. The van der Waals surface area contributed by atoms with Gasteiger partial charge in [-0.05, 0) is 34.8 Å². The van der Waals surface area contributed by atoms with Crippen LogP contribution in [0.25, 0.3) is 11.0 Å². The van der Waals surface area contributed by atoms with E-state index in [1.807, 2.05) is 6.92 Å². The van der Waals surface area contributed by atoms with E-state index in [0.29, 0.717) is 15.9 Å². The molecule has 2 rings (SSSR count). The van der Waals surface area contributed by atoms with E-state index in [-0.39, 0.29) is 11.2 Å². The lowest BCUT2D eigenvalue weighted by Crippen LogP contribution is -2.10. The molecule has 0 bridgehead atoms. The SMILES string of the molecule is CCC(C)Cn1c(C(C)Cl)nc2cc(F)c(Br)cc21. The summed E-state index contributed by atoms with van der Waals surface area (Å²) in [5.41, 5.74) is 1.59. The van der Waals surface area contributed by atoms with Gasteiger partial charge in [0.1, 0.15) is 11.6 Å². The van der Waals surface area contributed by atoms with E-state index in [0.717, 1.165) is 24.3 Å². The molecule has 104 valence electrons. The fourth-order valence-corrected chi connectivity index (χ4v) is 2.57. The van der Waals surface area contributed by atoms with Crippen LogP contribution in [0.3, 0.4) is 0 Å². The fraction of sp³-hybridized carbons (Fsp3) is 0.500. The van der Waals surface area contributed by atoms with Gasteiger partial charge in [-0.15, -0.1) is 11.6 Å². The molecule has 0 amide bonds. The van der Waals surface area contributed by atoms with Crippen molar-refractivity contribution in [3.63, 3.8) is 0 Å². The number of halogens is 3. The molecule has 0 aliphatic heterocycles. The Bertz CT molecular complexity index is 595. The Hall–Kier alpha value is -0.610. The predicted molar refractivity (Wildman–Crippen MR) is 81.1 cm³/mol. The lowest BCUT2D eigenvalue weighted by molar-refractivity contribution is 0.465. The maximum Gasteiger partial charge on any atom is 0.139 e. The molecule has 2 aromatic rings. The van der Waals surface area contributed by atoms with Crippen LogP contribution >= 0.6 is 27.5 Å². The van der Waals surface area contributed by atoms with Gasteiger partial charge in [-0.1, -0.05) is 20.3 Å².